The molecule has 0 aliphatic rings. The number of rotatable bonds is 6. The highest BCUT2D eigenvalue weighted by Crippen LogP contribution is 2.15. The number of carbonyl (C=O) groups excluding carboxylic acids is 2. The third-order valence-corrected chi connectivity index (χ3v) is 3.52. The summed E-state index contributed by atoms with van der Waals surface area (Å²) in [6.45, 7) is 4.23. The first kappa shape index (κ1) is 16.5. The van der Waals surface area contributed by atoms with Crippen molar-refractivity contribution in [2.75, 3.05) is 5.32 Å². The van der Waals surface area contributed by atoms with Crippen LogP contribution in [0.1, 0.15) is 46.0 Å². The average Bonchev–Trinajstić information content (AvgIpc) is 2.55. The molecular formula is C19H20N2O2. The molecule has 4 heteroatoms. The van der Waals surface area contributed by atoms with Crippen LogP contribution in [-0.4, -0.2) is 11.7 Å². The SMILES string of the molecule is CC(C)c1ccc(C(=O)/C=C/Nc2ccc(C(N)=O)cc2)cc1. The highest BCUT2D eigenvalue weighted by Gasteiger charge is 2.03. The topological polar surface area (TPSA) is 72.2 Å². The quantitative estimate of drug-likeness (QED) is 0.631. The van der Waals surface area contributed by atoms with Gasteiger partial charge in [0.1, 0.15) is 0 Å². The monoisotopic (exact) mass is 308 g/mol. The van der Waals surface area contributed by atoms with Gasteiger partial charge < -0.3 is 11.1 Å². The van der Waals surface area contributed by atoms with Gasteiger partial charge in [0.2, 0.25) is 5.91 Å². The van der Waals surface area contributed by atoms with Gasteiger partial charge in [-0.25, -0.2) is 0 Å². The van der Waals surface area contributed by atoms with Crippen LogP contribution in [0.5, 0.6) is 0 Å². The molecule has 2 aromatic carbocycles. The second kappa shape index (κ2) is 7.40. The minimum Gasteiger partial charge on any atom is -0.366 e. The summed E-state index contributed by atoms with van der Waals surface area (Å²) in [5.41, 5.74) is 8.25. The summed E-state index contributed by atoms with van der Waals surface area (Å²) in [4.78, 5) is 23.1. The van der Waals surface area contributed by atoms with Crippen molar-refractivity contribution in [3.8, 4) is 0 Å². The van der Waals surface area contributed by atoms with E-state index in [-0.39, 0.29) is 5.78 Å². The van der Waals surface area contributed by atoms with Gasteiger partial charge in [0.25, 0.3) is 0 Å². The molecule has 2 aromatic rings. The molecule has 0 heterocycles. The molecule has 2 rings (SSSR count). The third kappa shape index (κ3) is 4.54. The van der Waals surface area contributed by atoms with E-state index >= 15 is 0 Å². The molecular weight excluding hydrogens is 288 g/mol. The van der Waals surface area contributed by atoms with Crippen LogP contribution < -0.4 is 11.1 Å². The summed E-state index contributed by atoms with van der Waals surface area (Å²) < 4.78 is 0. The highest BCUT2D eigenvalue weighted by atomic mass is 16.1. The standard InChI is InChI=1S/C19H20N2O2/c1-13(2)14-3-5-15(6-4-14)18(22)11-12-21-17-9-7-16(8-10-17)19(20)23/h3-13,21H,1-2H3,(H2,20,23)/b12-11+. The predicted octanol–water partition coefficient (Wildman–Crippen LogP) is 3.72. The average molecular weight is 308 g/mol. The molecule has 0 aliphatic carbocycles. The Labute approximate surface area is 136 Å². The van der Waals surface area contributed by atoms with E-state index in [9.17, 15) is 9.59 Å². The second-order valence-electron chi connectivity index (χ2n) is 5.56. The number of benzene rings is 2. The van der Waals surface area contributed by atoms with Crippen molar-refractivity contribution in [3.63, 3.8) is 0 Å². The second-order valence-corrected chi connectivity index (χ2v) is 5.56. The summed E-state index contributed by atoms with van der Waals surface area (Å²) >= 11 is 0. The van der Waals surface area contributed by atoms with Crippen molar-refractivity contribution < 1.29 is 9.59 Å². The summed E-state index contributed by atoms with van der Waals surface area (Å²) in [6.07, 6.45) is 3.06. The molecule has 0 aromatic heterocycles. The molecule has 0 radical (unpaired) electrons. The number of carbonyl (C=O) groups is 2. The lowest BCUT2D eigenvalue weighted by Gasteiger charge is -2.05. The largest absolute Gasteiger partial charge is 0.366 e. The number of nitrogens with one attached hydrogen (secondary N) is 1. The van der Waals surface area contributed by atoms with Crippen molar-refractivity contribution in [1.82, 2.24) is 0 Å². The number of allylic oxidation sites excluding steroid dienone is 1. The molecule has 3 N–H and O–H groups in total. The Balaban J connectivity index is 1.96. The van der Waals surface area contributed by atoms with Gasteiger partial charge >= 0.3 is 0 Å². The van der Waals surface area contributed by atoms with Gasteiger partial charge in [0, 0.05) is 29.1 Å². The molecule has 4 nitrogen and oxygen atoms in total. The normalized spacial score (nSPS) is 10.9. The Bertz CT molecular complexity index is 714. The van der Waals surface area contributed by atoms with Gasteiger partial charge in [0.15, 0.2) is 5.78 Å². The number of hydrogen-bond acceptors (Lipinski definition) is 3. The molecule has 0 spiro atoms. The van der Waals surface area contributed by atoms with Crippen LogP contribution >= 0.6 is 0 Å². The molecule has 118 valence electrons. The maximum Gasteiger partial charge on any atom is 0.248 e. The maximum absolute atomic E-state index is 12.1. The van der Waals surface area contributed by atoms with E-state index in [1.807, 2.05) is 24.3 Å². The number of hydrogen-bond donors (Lipinski definition) is 2. The van der Waals surface area contributed by atoms with Gasteiger partial charge in [-0.3, -0.25) is 9.59 Å². The predicted molar refractivity (Wildman–Crippen MR) is 92.6 cm³/mol. The van der Waals surface area contributed by atoms with E-state index in [1.165, 1.54) is 11.6 Å². The van der Waals surface area contributed by atoms with Gasteiger partial charge in [0.05, 0.1) is 0 Å². The Hall–Kier alpha value is -2.88. The molecule has 0 saturated carbocycles. The smallest absolute Gasteiger partial charge is 0.248 e. The minimum atomic E-state index is -0.466. The number of amides is 1. The van der Waals surface area contributed by atoms with Crippen LogP contribution in [0.2, 0.25) is 0 Å². The van der Waals surface area contributed by atoms with Crippen LogP contribution in [0.4, 0.5) is 5.69 Å². The Kier molecular flexibility index (Phi) is 5.31. The number of anilines is 1. The zero-order valence-electron chi connectivity index (χ0n) is 13.2. The Morgan fingerprint density at radius 1 is 0.957 bits per heavy atom. The molecule has 1 amide bonds. The number of ketones is 1. The van der Waals surface area contributed by atoms with Crippen LogP contribution in [-0.2, 0) is 0 Å². The fraction of sp³-hybridized carbons (Fsp3) is 0.158. The fourth-order valence-electron chi connectivity index (χ4n) is 2.07. The lowest BCUT2D eigenvalue weighted by atomic mass is 10.0. The van der Waals surface area contributed by atoms with Crippen molar-refractivity contribution >= 4 is 17.4 Å². The number of nitrogens with two attached hydrogens (primary N) is 1. The maximum atomic E-state index is 12.1. The first-order valence-electron chi connectivity index (χ1n) is 7.44. The van der Waals surface area contributed by atoms with Crippen molar-refractivity contribution in [3.05, 3.63) is 77.5 Å². The van der Waals surface area contributed by atoms with Gasteiger partial charge in [-0.15, -0.1) is 0 Å². The molecule has 0 fully saturated rings. The minimum absolute atomic E-state index is 0.0680. The first-order chi connectivity index (χ1) is 11.0. The van der Waals surface area contributed by atoms with Crippen LogP contribution in [0.25, 0.3) is 0 Å². The molecule has 0 atom stereocenters. The van der Waals surface area contributed by atoms with Crippen LogP contribution in [0, 0.1) is 0 Å². The zero-order valence-corrected chi connectivity index (χ0v) is 13.2. The highest BCUT2D eigenvalue weighted by molar-refractivity contribution is 6.04. The van der Waals surface area contributed by atoms with E-state index in [2.05, 4.69) is 19.2 Å². The summed E-state index contributed by atoms with van der Waals surface area (Å²) in [7, 11) is 0. The van der Waals surface area contributed by atoms with Crippen molar-refractivity contribution in [1.29, 1.82) is 0 Å². The van der Waals surface area contributed by atoms with Gasteiger partial charge in [-0.2, -0.15) is 0 Å². The Morgan fingerprint density at radius 3 is 2.04 bits per heavy atom. The Morgan fingerprint density at radius 2 is 1.52 bits per heavy atom. The summed E-state index contributed by atoms with van der Waals surface area (Å²) in [6, 6.07) is 14.3. The number of primary amides is 1. The van der Waals surface area contributed by atoms with E-state index in [4.69, 9.17) is 5.73 Å². The lowest BCUT2D eigenvalue weighted by Crippen LogP contribution is -2.10. The van der Waals surface area contributed by atoms with E-state index < -0.39 is 5.91 Å². The molecule has 0 bridgehead atoms. The van der Waals surface area contributed by atoms with Gasteiger partial charge in [-0.1, -0.05) is 38.1 Å². The first-order valence-corrected chi connectivity index (χ1v) is 7.44. The fourth-order valence-corrected chi connectivity index (χ4v) is 2.07. The molecule has 0 saturated heterocycles. The van der Waals surface area contributed by atoms with Crippen LogP contribution in [0.15, 0.2) is 60.8 Å². The van der Waals surface area contributed by atoms with E-state index in [0.717, 1.165) is 5.69 Å². The lowest BCUT2D eigenvalue weighted by molar-refractivity contribution is 0.0999. The van der Waals surface area contributed by atoms with Crippen molar-refractivity contribution in [2.45, 2.75) is 19.8 Å². The van der Waals surface area contributed by atoms with Crippen LogP contribution in [0.3, 0.4) is 0 Å². The molecule has 0 aliphatic heterocycles. The van der Waals surface area contributed by atoms with Gasteiger partial charge in [-0.05, 0) is 35.7 Å². The zero-order chi connectivity index (χ0) is 16.8. The summed E-state index contributed by atoms with van der Waals surface area (Å²) in [5.74, 6) is -0.0894. The molecule has 23 heavy (non-hydrogen) atoms. The third-order valence-electron chi connectivity index (χ3n) is 3.52. The van der Waals surface area contributed by atoms with E-state index in [0.29, 0.717) is 17.0 Å². The molecule has 0 unspecified atom stereocenters. The van der Waals surface area contributed by atoms with Crippen molar-refractivity contribution in [2.24, 2.45) is 5.73 Å². The summed E-state index contributed by atoms with van der Waals surface area (Å²) in [5, 5.41) is 2.99. The van der Waals surface area contributed by atoms with E-state index in [1.54, 1.807) is 30.5 Å².